The Balaban J connectivity index is 1.48. The minimum absolute atomic E-state index is 0.000165. The Kier molecular flexibility index (Phi) is 6.34. The van der Waals surface area contributed by atoms with Gasteiger partial charge in [0.25, 0.3) is 5.56 Å². The molecule has 2 N–H and O–H groups in total. The van der Waals surface area contributed by atoms with Gasteiger partial charge >= 0.3 is 0 Å². The van der Waals surface area contributed by atoms with Crippen LogP contribution in [-0.4, -0.2) is 28.2 Å². The summed E-state index contributed by atoms with van der Waals surface area (Å²) < 4.78 is 0. The number of rotatable bonds is 7. The molecule has 0 unspecified atom stereocenters. The second-order valence-electron chi connectivity index (χ2n) is 6.50. The number of benzene rings is 1. The molecule has 5 nitrogen and oxygen atoms in total. The predicted molar refractivity (Wildman–Crippen MR) is 114 cm³/mol. The van der Waals surface area contributed by atoms with Crippen molar-refractivity contribution in [3.05, 3.63) is 62.0 Å². The molecule has 2 aromatic heterocycles. The molecule has 142 valence electrons. The van der Waals surface area contributed by atoms with Crippen LogP contribution in [0.1, 0.15) is 27.4 Å². The zero-order chi connectivity index (χ0) is 19.4. The molecule has 0 spiro atoms. The molecule has 1 amide bonds. The standard InChI is InChI=1S/C20H23N3O2S2/c1-12-6-4-5-7-15(12)8-9-21-17(24)11-26-10-16-22-19(25)18-13(2)14(3)27-20(18)23-16/h4-7H,8-11H2,1-3H3,(H,21,24)(H,22,23,25). The summed E-state index contributed by atoms with van der Waals surface area (Å²) in [5.74, 6) is 1.47. The molecule has 0 atom stereocenters. The second-order valence-corrected chi connectivity index (χ2v) is 8.68. The summed E-state index contributed by atoms with van der Waals surface area (Å²) in [7, 11) is 0. The van der Waals surface area contributed by atoms with E-state index in [0.29, 0.717) is 29.3 Å². The van der Waals surface area contributed by atoms with Crippen LogP contribution >= 0.6 is 23.1 Å². The van der Waals surface area contributed by atoms with Crippen LogP contribution < -0.4 is 10.9 Å². The number of H-pyrrole nitrogens is 1. The van der Waals surface area contributed by atoms with Gasteiger partial charge in [-0.2, -0.15) is 0 Å². The van der Waals surface area contributed by atoms with Gasteiger partial charge in [0.2, 0.25) is 5.91 Å². The normalized spacial score (nSPS) is 11.1. The fraction of sp³-hybridized carbons (Fsp3) is 0.350. The summed E-state index contributed by atoms with van der Waals surface area (Å²) in [4.78, 5) is 33.5. The number of amides is 1. The number of carbonyl (C=O) groups is 1. The van der Waals surface area contributed by atoms with Gasteiger partial charge < -0.3 is 10.3 Å². The van der Waals surface area contributed by atoms with E-state index in [1.165, 1.54) is 34.2 Å². The topological polar surface area (TPSA) is 74.8 Å². The highest BCUT2D eigenvalue weighted by atomic mass is 32.2. The van der Waals surface area contributed by atoms with Gasteiger partial charge in [-0.15, -0.1) is 23.1 Å². The maximum Gasteiger partial charge on any atom is 0.259 e. The third-order valence-corrected chi connectivity index (χ3v) is 6.58. The van der Waals surface area contributed by atoms with Gasteiger partial charge in [0.1, 0.15) is 10.7 Å². The molecule has 0 saturated carbocycles. The van der Waals surface area contributed by atoms with Gasteiger partial charge in [0, 0.05) is 11.4 Å². The summed E-state index contributed by atoms with van der Waals surface area (Å²) >= 11 is 2.99. The quantitative estimate of drug-likeness (QED) is 0.635. The van der Waals surface area contributed by atoms with Crippen LogP contribution in [0, 0.1) is 20.8 Å². The zero-order valence-electron chi connectivity index (χ0n) is 15.7. The van der Waals surface area contributed by atoms with Crippen LogP contribution in [0.15, 0.2) is 29.1 Å². The summed E-state index contributed by atoms with van der Waals surface area (Å²) in [6, 6.07) is 8.19. The lowest BCUT2D eigenvalue weighted by atomic mass is 10.1. The number of thioether (sulfide) groups is 1. The van der Waals surface area contributed by atoms with Gasteiger partial charge in [-0.3, -0.25) is 9.59 Å². The Bertz CT molecular complexity index is 1020. The second kappa shape index (κ2) is 8.71. The van der Waals surface area contributed by atoms with Crippen LogP contribution in [0.4, 0.5) is 0 Å². The van der Waals surface area contributed by atoms with Crippen LogP contribution in [0.5, 0.6) is 0 Å². The van der Waals surface area contributed by atoms with Gasteiger partial charge in [0.05, 0.1) is 16.9 Å². The van der Waals surface area contributed by atoms with Gasteiger partial charge in [-0.1, -0.05) is 24.3 Å². The van der Waals surface area contributed by atoms with E-state index < -0.39 is 0 Å². The van der Waals surface area contributed by atoms with Gasteiger partial charge in [0.15, 0.2) is 0 Å². The number of nitrogens with zero attached hydrogens (tertiary/aromatic N) is 1. The zero-order valence-corrected chi connectivity index (χ0v) is 17.4. The Morgan fingerprint density at radius 3 is 2.81 bits per heavy atom. The van der Waals surface area contributed by atoms with E-state index in [-0.39, 0.29) is 11.5 Å². The first-order chi connectivity index (χ1) is 13.0. The Labute approximate surface area is 166 Å². The number of hydrogen-bond donors (Lipinski definition) is 2. The highest BCUT2D eigenvalue weighted by Gasteiger charge is 2.12. The maximum absolute atomic E-state index is 12.3. The molecule has 27 heavy (non-hydrogen) atoms. The molecule has 0 radical (unpaired) electrons. The lowest BCUT2D eigenvalue weighted by molar-refractivity contribution is -0.118. The van der Waals surface area contributed by atoms with E-state index in [2.05, 4.69) is 34.3 Å². The molecule has 2 heterocycles. The van der Waals surface area contributed by atoms with Crippen molar-refractivity contribution in [2.24, 2.45) is 0 Å². The summed E-state index contributed by atoms with van der Waals surface area (Å²) in [5, 5.41) is 3.63. The first-order valence-corrected chi connectivity index (χ1v) is 10.8. The Hall–Kier alpha value is -2.12. The van der Waals surface area contributed by atoms with Crippen molar-refractivity contribution in [1.29, 1.82) is 0 Å². The summed E-state index contributed by atoms with van der Waals surface area (Å²) in [6.45, 7) is 6.64. The molecule has 0 aliphatic carbocycles. The molecule has 0 aliphatic rings. The fourth-order valence-electron chi connectivity index (χ4n) is 2.89. The third kappa shape index (κ3) is 4.78. The molecular weight excluding hydrogens is 378 g/mol. The molecule has 0 bridgehead atoms. The number of aromatic nitrogens is 2. The van der Waals surface area contributed by atoms with Gasteiger partial charge in [-0.25, -0.2) is 4.98 Å². The first-order valence-electron chi connectivity index (χ1n) is 8.83. The van der Waals surface area contributed by atoms with Crippen molar-refractivity contribution in [2.45, 2.75) is 32.9 Å². The highest BCUT2D eigenvalue weighted by Crippen LogP contribution is 2.26. The smallest absolute Gasteiger partial charge is 0.259 e. The lowest BCUT2D eigenvalue weighted by Gasteiger charge is -2.07. The SMILES string of the molecule is Cc1ccccc1CCNC(=O)CSCc1nc2sc(C)c(C)c2c(=O)[nH]1. The van der Waals surface area contributed by atoms with Gasteiger partial charge in [-0.05, 0) is 43.9 Å². The van der Waals surface area contributed by atoms with Crippen LogP contribution in [0.2, 0.25) is 0 Å². The number of aromatic amines is 1. The van der Waals surface area contributed by atoms with Crippen molar-refractivity contribution in [1.82, 2.24) is 15.3 Å². The molecule has 1 aromatic carbocycles. The molecule has 7 heteroatoms. The lowest BCUT2D eigenvalue weighted by Crippen LogP contribution is -2.27. The minimum atomic E-state index is -0.0971. The number of nitrogens with one attached hydrogen (secondary N) is 2. The van der Waals surface area contributed by atoms with Crippen LogP contribution in [0.25, 0.3) is 10.2 Å². The van der Waals surface area contributed by atoms with E-state index in [0.717, 1.165) is 21.7 Å². The molecule has 0 fully saturated rings. The molecule has 0 aliphatic heterocycles. The number of carbonyl (C=O) groups excluding carboxylic acids is 1. The maximum atomic E-state index is 12.3. The number of fused-ring (bicyclic) bond motifs is 1. The fourth-order valence-corrected chi connectivity index (χ4v) is 4.65. The highest BCUT2D eigenvalue weighted by molar-refractivity contribution is 7.99. The van der Waals surface area contributed by atoms with E-state index in [1.54, 1.807) is 0 Å². The van der Waals surface area contributed by atoms with E-state index in [1.807, 2.05) is 26.0 Å². The average Bonchev–Trinajstić information content (AvgIpc) is 2.91. The van der Waals surface area contributed by atoms with E-state index in [4.69, 9.17) is 0 Å². The summed E-state index contributed by atoms with van der Waals surface area (Å²) in [6.07, 6.45) is 0.825. The largest absolute Gasteiger partial charge is 0.355 e. The van der Waals surface area contributed by atoms with Crippen molar-refractivity contribution in [3.8, 4) is 0 Å². The molecular formula is C20H23N3O2S2. The van der Waals surface area contributed by atoms with E-state index >= 15 is 0 Å². The monoisotopic (exact) mass is 401 g/mol. The number of hydrogen-bond acceptors (Lipinski definition) is 5. The first kappa shape index (κ1) is 19.6. The molecule has 3 rings (SSSR count). The van der Waals surface area contributed by atoms with Crippen molar-refractivity contribution >= 4 is 39.2 Å². The van der Waals surface area contributed by atoms with Crippen LogP contribution in [0.3, 0.4) is 0 Å². The third-order valence-electron chi connectivity index (χ3n) is 4.54. The molecule has 0 saturated heterocycles. The molecule has 3 aromatic rings. The average molecular weight is 402 g/mol. The Morgan fingerprint density at radius 1 is 1.26 bits per heavy atom. The summed E-state index contributed by atoms with van der Waals surface area (Å²) in [5.41, 5.74) is 3.39. The van der Waals surface area contributed by atoms with Crippen molar-refractivity contribution in [2.75, 3.05) is 12.3 Å². The van der Waals surface area contributed by atoms with Crippen molar-refractivity contribution < 1.29 is 4.79 Å². The minimum Gasteiger partial charge on any atom is -0.355 e. The van der Waals surface area contributed by atoms with Crippen LogP contribution in [-0.2, 0) is 17.0 Å². The Morgan fingerprint density at radius 2 is 2.04 bits per heavy atom. The predicted octanol–water partition coefficient (Wildman–Crippen LogP) is 3.50. The van der Waals surface area contributed by atoms with Crippen molar-refractivity contribution in [3.63, 3.8) is 0 Å². The number of aryl methyl sites for hydroxylation is 3. The van der Waals surface area contributed by atoms with E-state index in [9.17, 15) is 9.59 Å². The number of thiophene rings is 1.